The van der Waals surface area contributed by atoms with Gasteiger partial charge in [0.15, 0.2) is 0 Å². The molecule has 2 unspecified atom stereocenters. The molecule has 2 bridgehead atoms. The predicted molar refractivity (Wildman–Crippen MR) is 109 cm³/mol. The van der Waals surface area contributed by atoms with Gasteiger partial charge in [-0.25, -0.2) is 0 Å². The fourth-order valence-corrected chi connectivity index (χ4v) is 5.32. The molecule has 2 atom stereocenters. The van der Waals surface area contributed by atoms with Gasteiger partial charge >= 0.3 is 0 Å². The van der Waals surface area contributed by atoms with Gasteiger partial charge in [-0.1, -0.05) is 49.9 Å². The zero-order chi connectivity index (χ0) is 17.2. The average molecular weight is 366 g/mol. The van der Waals surface area contributed by atoms with Crippen LogP contribution in [0, 0.1) is 5.92 Å². The number of rotatable bonds is 1. The van der Waals surface area contributed by atoms with E-state index in [1.165, 1.54) is 36.8 Å². The van der Waals surface area contributed by atoms with Crippen LogP contribution in [0.3, 0.4) is 0 Å². The van der Waals surface area contributed by atoms with Crippen molar-refractivity contribution in [2.75, 3.05) is 11.5 Å². The van der Waals surface area contributed by atoms with Crippen molar-refractivity contribution < 1.29 is 4.79 Å². The minimum Gasteiger partial charge on any atom is -0.327 e. The van der Waals surface area contributed by atoms with Crippen LogP contribution in [-0.2, 0) is 16.3 Å². The lowest BCUT2D eigenvalue weighted by molar-refractivity contribution is -0.120. The van der Waals surface area contributed by atoms with E-state index in [2.05, 4.69) is 24.3 Å². The van der Waals surface area contributed by atoms with Gasteiger partial charge in [-0.15, -0.1) is 0 Å². The first-order valence-corrected chi connectivity index (χ1v) is 11.5. The number of Topliss-reactive ketones (excluding diaryl/α,β-unsaturated/α-hetero) is 1. The molecule has 2 nitrogen and oxygen atoms in total. The van der Waals surface area contributed by atoms with E-state index in [4.69, 9.17) is 5.73 Å². The van der Waals surface area contributed by atoms with Crippen LogP contribution in [0.15, 0.2) is 24.3 Å². The average Bonchev–Trinajstić information content (AvgIpc) is 2.56. The summed E-state index contributed by atoms with van der Waals surface area (Å²) in [5, 5.41) is 0. The quantitative estimate of drug-likeness (QED) is 0.757. The summed E-state index contributed by atoms with van der Waals surface area (Å²) in [4.78, 5) is 11.9. The number of benzene rings is 1. The van der Waals surface area contributed by atoms with E-state index >= 15 is 0 Å². The highest BCUT2D eigenvalue weighted by molar-refractivity contribution is 7.98. The van der Waals surface area contributed by atoms with Gasteiger partial charge in [0.05, 0.1) is 0 Å². The number of nitrogens with two attached hydrogens (primary N) is 1. The summed E-state index contributed by atoms with van der Waals surface area (Å²) in [6.45, 7) is 1.75. The minimum absolute atomic E-state index is 0.228. The molecule has 0 saturated heterocycles. The van der Waals surface area contributed by atoms with E-state index in [0.717, 1.165) is 35.9 Å². The summed E-state index contributed by atoms with van der Waals surface area (Å²) in [5.41, 5.74) is 8.99. The van der Waals surface area contributed by atoms with E-state index in [-0.39, 0.29) is 5.92 Å². The molecule has 0 aliphatic carbocycles. The van der Waals surface area contributed by atoms with Crippen LogP contribution in [0.2, 0.25) is 0 Å². The molecule has 24 heavy (non-hydrogen) atoms. The smallest absolute Gasteiger partial charge is 0.133 e. The summed E-state index contributed by atoms with van der Waals surface area (Å²) in [6, 6.07) is 9.19. The number of thioether (sulfide) groups is 2. The lowest BCUT2D eigenvalue weighted by atomic mass is 9.98. The standard InChI is InChI=1S/C20H31NOS2/c1-16(22)19-9-4-2-3-5-10-20(21)15-24-13-18-8-6-7-17(11-18)12-23-14-19/h6-8,11,19-20H,2-5,9-10,12-15,21H2,1H3. The molecule has 0 spiro atoms. The van der Waals surface area contributed by atoms with Crippen molar-refractivity contribution in [3.05, 3.63) is 35.4 Å². The summed E-state index contributed by atoms with van der Waals surface area (Å²) in [7, 11) is 0. The van der Waals surface area contributed by atoms with Crippen LogP contribution in [0.5, 0.6) is 0 Å². The Labute approximate surface area is 155 Å². The van der Waals surface area contributed by atoms with Gasteiger partial charge in [-0.2, -0.15) is 23.5 Å². The highest BCUT2D eigenvalue weighted by Crippen LogP contribution is 2.23. The first-order chi connectivity index (χ1) is 11.6. The largest absolute Gasteiger partial charge is 0.327 e. The summed E-state index contributed by atoms with van der Waals surface area (Å²) in [5.74, 6) is 4.63. The second kappa shape index (κ2) is 11.2. The van der Waals surface area contributed by atoms with Crippen molar-refractivity contribution in [2.45, 2.75) is 63.0 Å². The molecule has 0 aromatic heterocycles. The second-order valence-electron chi connectivity index (χ2n) is 6.91. The van der Waals surface area contributed by atoms with Crippen molar-refractivity contribution >= 4 is 29.3 Å². The number of hydrogen-bond acceptors (Lipinski definition) is 4. The molecule has 2 N–H and O–H groups in total. The molecule has 4 heteroatoms. The molecule has 1 aliphatic rings. The van der Waals surface area contributed by atoms with Crippen molar-refractivity contribution in [1.82, 2.24) is 0 Å². The number of hydrogen-bond donors (Lipinski definition) is 1. The molecule has 0 fully saturated rings. The fraction of sp³-hybridized carbons (Fsp3) is 0.650. The Morgan fingerprint density at radius 3 is 2.29 bits per heavy atom. The Bertz CT molecular complexity index is 506. The predicted octanol–water partition coefficient (Wildman–Crippen LogP) is 5.04. The van der Waals surface area contributed by atoms with E-state index in [1.54, 1.807) is 6.92 Å². The van der Waals surface area contributed by atoms with Crippen LogP contribution in [0.25, 0.3) is 0 Å². The fourth-order valence-electron chi connectivity index (χ4n) is 3.09. The maximum atomic E-state index is 11.9. The number of fused-ring (bicyclic) bond motifs is 2. The highest BCUT2D eigenvalue weighted by atomic mass is 32.2. The molecule has 0 radical (unpaired) electrons. The monoisotopic (exact) mass is 365 g/mol. The maximum absolute atomic E-state index is 11.9. The van der Waals surface area contributed by atoms with Gasteiger partial charge in [0.1, 0.15) is 5.78 Å². The van der Waals surface area contributed by atoms with Crippen LogP contribution >= 0.6 is 23.5 Å². The molecule has 1 aliphatic heterocycles. The Morgan fingerprint density at radius 2 is 1.62 bits per heavy atom. The van der Waals surface area contributed by atoms with E-state index in [9.17, 15) is 4.79 Å². The topological polar surface area (TPSA) is 43.1 Å². The van der Waals surface area contributed by atoms with Crippen LogP contribution < -0.4 is 5.73 Å². The Hall–Kier alpha value is -0.450. The molecule has 2 rings (SSSR count). The first-order valence-electron chi connectivity index (χ1n) is 9.14. The third-order valence-electron chi connectivity index (χ3n) is 4.63. The molecule has 134 valence electrons. The molecular formula is C20H31NOS2. The van der Waals surface area contributed by atoms with Crippen LogP contribution in [0.1, 0.15) is 56.6 Å². The summed E-state index contributed by atoms with van der Waals surface area (Å²) >= 11 is 3.86. The van der Waals surface area contributed by atoms with E-state index < -0.39 is 0 Å². The van der Waals surface area contributed by atoms with Crippen molar-refractivity contribution in [2.24, 2.45) is 11.7 Å². The van der Waals surface area contributed by atoms with Crippen molar-refractivity contribution in [3.8, 4) is 0 Å². The number of carbonyl (C=O) groups is 1. The third-order valence-corrected chi connectivity index (χ3v) is 7.01. The second-order valence-corrected chi connectivity index (χ2v) is 8.97. The minimum atomic E-state index is 0.228. The van der Waals surface area contributed by atoms with E-state index in [0.29, 0.717) is 11.8 Å². The molecule has 1 aromatic carbocycles. The van der Waals surface area contributed by atoms with Crippen LogP contribution in [0.4, 0.5) is 0 Å². The van der Waals surface area contributed by atoms with Crippen molar-refractivity contribution in [1.29, 1.82) is 0 Å². The molecule has 1 aromatic rings. The molecular weight excluding hydrogens is 334 g/mol. The Balaban J connectivity index is 1.96. The van der Waals surface area contributed by atoms with Gasteiger partial charge in [0.2, 0.25) is 0 Å². The van der Waals surface area contributed by atoms with Gasteiger partial charge in [0.25, 0.3) is 0 Å². The Kier molecular flexibility index (Phi) is 9.29. The summed E-state index contributed by atoms with van der Waals surface area (Å²) in [6.07, 6.45) is 7.04. The summed E-state index contributed by atoms with van der Waals surface area (Å²) < 4.78 is 0. The number of ketones is 1. The first kappa shape index (κ1) is 19.9. The van der Waals surface area contributed by atoms with Gasteiger partial charge < -0.3 is 5.73 Å². The zero-order valence-corrected chi connectivity index (χ0v) is 16.5. The third kappa shape index (κ3) is 7.62. The lowest BCUT2D eigenvalue weighted by Gasteiger charge is -2.13. The van der Waals surface area contributed by atoms with Gasteiger partial charge in [0, 0.05) is 35.0 Å². The highest BCUT2D eigenvalue weighted by Gasteiger charge is 2.14. The molecule has 1 heterocycles. The van der Waals surface area contributed by atoms with E-state index in [1.807, 2.05) is 23.5 Å². The Morgan fingerprint density at radius 1 is 1.00 bits per heavy atom. The SMILES string of the molecule is CC(=O)C1CCCCCCC(N)CSCc2cccc(c2)CSC1. The van der Waals surface area contributed by atoms with Crippen molar-refractivity contribution in [3.63, 3.8) is 0 Å². The maximum Gasteiger partial charge on any atom is 0.133 e. The molecule has 0 saturated carbocycles. The van der Waals surface area contributed by atoms with Gasteiger partial charge in [-0.05, 0) is 30.9 Å². The zero-order valence-electron chi connectivity index (χ0n) is 14.8. The van der Waals surface area contributed by atoms with Crippen LogP contribution in [-0.4, -0.2) is 23.3 Å². The lowest BCUT2D eigenvalue weighted by Crippen LogP contribution is -2.22. The molecule has 0 amide bonds. The van der Waals surface area contributed by atoms with Gasteiger partial charge in [-0.3, -0.25) is 4.79 Å². The number of carbonyl (C=O) groups excluding carboxylic acids is 1. The normalized spacial score (nSPS) is 24.9.